The Morgan fingerprint density at radius 3 is 3.06 bits per heavy atom. The summed E-state index contributed by atoms with van der Waals surface area (Å²) in [6.07, 6.45) is 3.79. The first kappa shape index (κ1) is 11.8. The molecule has 0 aliphatic heterocycles. The molecular formula is C13H13N3S2. The molecule has 0 radical (unpaired) electrons. The molecule has 3 nitrogen and oxygen atoms in total. The first-order valence-electron chi connectivity index (χ1n) is 5.78. The highest BCUT2D eigenvalue weighted by molar-refractivity contribution is 7.17. The number of thiophene rings is 1. The number of fused-ring (bicyclic) bond motifs is 1. The van der Waals surface area contributed by atoms with Gasteiger partial charge in [-0.15, -0.1) is 22.7 Å². The first-order valence-corrected chi connectivity index (χ1v) is 7.54. The number of nitrogens with zero attached hydrogens (tertiary/aromatic N) is 2. The fraction of sp³-hybridized carbons (Fsp3) is 0.231. The molecule has 1 unspecified atom stereocenters. The lowest BCUT2D eigenvalue weighted by molar-refractivity contribution is 0.572. The van der Waals surface area contributed by atoms with E-state index >= 15 is 0 Å². The van der Waals surface area contributed by atoms with Gasteiger partial charge >= 0.3 is 0 Å². The molecule has 0 aliphatic carbocycles. The van der Waals surface area contributed by atoms with E-state index in [-0.39, 0.29) is 6.04 Å². The van der Waals surface area contributed by atoms with E-state index in [1.165, 1.54) is 10.3 Å². The van der Waals surface area contributed by atoms with Gasteiger partial charge in [0, 0.05) is 30.4 Å². The second-order valence-electron chi connectivity index (χ2n) is 4.10. The fourth-order valence-electron chi connectivity index (χ4n) is 1.80. The van der Waals surface area contributed by atoms with Crippen LogP contribution < -0.4 is 5.32 Å². The molecule has 0 aliphatic rings. The highest BCUT2D eigenvalue weighted by Crippen LogP contribution is 2.22. The largest absolute Gasteiger partial charge is 0.304 e. The van der Waals surface area contributed by atoms with Crippen molar-refractivity contribution >= 4 is 32.9 Å². The Morgan fingerprint density at radius 1 is 1.28 bits per heavy atom. The molecule has 5 heteroatoms. The van der Waals surface area contributed by atoms with Gasteiger partial charge in [0.05, 0.1) is 10.2 Å². The number of hydrogen-bond acceptors (Lipinski definition) is 5. The van der Waals surface area contributed by atoms with Crippen LogP contribution in [-0.2, 0) is 6.54 Å². The second-order valence-corrected chi connectivity index (χ2v) is 6.03. The van der Waals surface area contributed by atoms with Crippen LogP contribution in [0.15, 0.2) is 35.3 Å². The lowest BCUT2D eigenvalue weighted by Crippen LogP contribution is -2.18. The monoisotopic (exact) mass is 275 g/mol. The first-order chi connectivity index (χ1) is 8.83. The van der Waals surface area contributed by atoms with Crippen molar-refractivity contribution in [3.05, 3.63) is 45.9 Å². The molecule has 3 aromatic heterocycles. The number of nitrogens with one attached hydrogen (secondary N) is 1. The molecule has 0 saturated heterocycles. The lowest BCUT2D eigenvalue weighted by atomic mass is 10.1. The normalized spacial score (nSPS) is 12.9. The zero-order valence-corrected chi connectivity index (χ0v) is 11.6. The maximum absolute atomic E-state index is 4.46. The van der Waals surface area contributed by atoms with Crippen LogP contribution in [0.5, 0.6) is 0 Å². The van der Waals surface area contributed by atoms with Gasteiger partial charge < -0.3 is 5.32 Å². The molecule has 0 fully saturated rings. The van der Waals surface area contributed by atoms with Gasteiger partial charge in [-0.2, -0.15) is 0 Å². The fourth-order valence-corrected chi connectivity index (χ4v) is 3.15. The van der Waals surface area contributed by atoms with Crippen molar-refractivity contribution in [1.82, 2.24) is 15.3 Å². The summed E-state index contributed by atoms with van der Waals surface area (Å²) in [5.74, 6) is 0. The quantitative estimate of drug-likeness (QED) is 0.790. The molecule has 3 heterocycles. The highest BCUT2D eigenvalue weighted by atomic mass is 32.1. The minimum atomic E-state index is 0.285. The zero-order valence-electron chi connectivity index (χ0n) is 9.96. The molecular weight excluding hydrogens is 262 g/mol. The predicted octanol–water partition coefficient (Wildman–Crippen LogP) is 3.60. The maximum Gasteiger partial charge on any atom is 0.106 e. The van der Waals surface area contributed by atoms with Crippen molar-refractivity contribution in [2.75, 3.05) is 0 Å². The lowest BCUT2D eigenvalue weighted by Gasteiger charge is -2.12. The standard InChI is InChI=1S/C13H13N3S2/c1-9(15-8-13-14-3-5-18-13)10-6-12-11(16-7-10)2-4-17-12/h2-7,9,15H,8H2,1H3. The zero-order chi connectivity index (χ0) is 12.4. The van der Waals surface area contributed by atoms with Gasteiger partial charge in [-0.05, 0) is 30.0 Å². The Bertz CT molecular complexity index is 631. The molecule has 0 bridgehead atoms. The van der Waals surface area contributed by atoms with Gasteiger partial charge in [0.1, 0.15) is 5.01 Å². The van der Waals surface area contributed by atoms with Crippen molar-refractivity contribution in [1.29, 1.82) is 0 Å². The van der Waals surface area contributed by atoms with E-state index in [9.17, 15) is 0 Å². The van der Waals surface area contributed by atoms with Gasteiger partial charge in [-0.25, -0.2) is 4.98 Å². The average molecular weight is 275 g/mol. The minimum Gasteiger partial charge on any atom is -0.304 e. The van der Waals surface area contributed by atoms with Crippen LogP contribution in [0.2, 0.25) is 0 Å². The van der Waals surface area contributed by atoms with Crippen molar-refractivity contribution in [2.45, 2.75) is 19.5 Å². The molecule has 0 amide bonds. The summed E-state index contributed by atoms with van der Waals surface area (Å²) in [7, 11) is 0. The molecule has 0 spiro atoms. The van der Waals surface area contributed by atoms with E-state index < -0.39 is 0 Å². The number of rotatable bonds is 4. The predicted molar refractivity (Wildman–Crippen MR) is 77.0 cm³/mol. The van der Waals surface area contributed by atoms with Crippen LogP contribution in [0, 0.1) is 0 Å². The molecule has 18 heavy (non-hydrogen) atoms. The Morgan fingerprint density at radius 2 is 2.22 bits per heavy atom. The van der Waals surface area contributed by atoms with Gasteiger partial charge in [0.2, 0.25) is 0 Å². The summed E-state index contributed by atoms with van der Waals surface area (Å²) in [5.41, 5.74) is 2.30. The van der Waals surface area contributed by atoms with Crippen molar-refractivity contribution in [2.24, 2.45) is 0 Å². The Labute approximate surface area is 114 Å². The molecule has 0 aromatic carbocycles. The third-order valence-electron chi connectivity index (χ3n) is 2.87. The Balaban J connectivity index is 1.72. The van der Waals surface area contributed by atoms with E-state index in [1.807, 2.05) is 17.8 Å². The van der Waals surface area contributed by atoms with Crippen molar-refractivity contribution < 1.29 is 0 Å². The molecule has 1 N–H and O–H groups in total. The van der Waals surface area contributed by atoms with Gasteiger partial charge in [-0.1, -0.05) is 0 Å². The molecule has 0 saturated carbocycles. The summed E-state index contributed by atoms with van der Waals surface area (Å²) in [6.45, 7) is 2.96. The summed E-state index contributed by atoms with van der Waals surface area (Å²) in [6, 6.07) is 4.55. The SMILES string of the molecule is CC(NCc1nccs1)c1cnc2ccsc2c1. The second kappa shape index (κ2) is 5.14. The van der Waals surface area contributed by atoms with Gasteiger partial charge in [-0.3, -0.25) is 4.98 Å². The van der Waals surface area contributed by atoms with Crippen LogP contribution in [0.25, 0.3) is 10.2 Å². The van der Waals surface area contributed by atoms with Crippen LogP contribution in [-0.4, -0.2) is 9.97 Å². The molecule has 92 valence electrons. The van der Waals surface area contributed by atoms with Gasteiger partial charge in [0.25, 0.3) is 0 Å². The Kier molecular flexibility index (Phi) is 3.36. The average Bonchev–Trinajstić information content (AvgIpc) is 3.05. The molecule has 3 aromatic rings. The summed E-state index contributed by atoms with van der Waals surface area (Å²) < 4.78 is 1.25. The minimum absolute atomic E-state index is 0.285. The van der Waals surface area contributed by atoms with E-state index in [0.29, 0.717) is 0 Å². The highest BCUT2D eigenvalue weighted by Gasteiger charge is 2.07. The number of hydrogen-bond donors (Lipinski definition) is 1. The summed E-state index contributed by atoms with van der Waals surface area (Å²) >= 11 is 3.41. The number of aromatic nitrogens is 2. The van der Waals surface area contributed by atoms with E-state index in [4.69, 9.17) is 0 Å². The number of thiazole rings is 1. The Hall–Kier alpha value is -1.30. The van der Waals surface area contributed by atoms with Crippen LogP contribution in [0.1, 0.15) is 23.5 Å². The topological polar surface area (TPSA) is 37.8 Å². The van der Waals surface area contributed by atoms with Crippen molar-refractivity contribution in [3.8, 4) is 0 Å². The number of pyridine rings is 1. The van der Waals surface area contributed by atoms with Crippen molar-refractivity contribution in [3.63, 3.8) is 0 Å². The van der Waals surface area contributed by atoms with Crippen LogP contribution in [0.4, 0.5) is 0 Å². The third kappa shape index (κ3) is 2.43. The van der Waals surface area contributed by atoms with Gasteiger partial charge in [0.15, 0.2) is 0 Å². The summed E-state index contributed by atoms with van der Waals surface area (Å²) in [4.78, 5) is 8.73. The van der Waals surface area contributed by atoms with E-state index in [1.54, 1.807) is 22.7 Å². The smallest absolute Gasteiger partial charge is 0.106 e. The molecule has 3 rings (SSSR count). The maximum atomic E-state index is 4.46. The molecule has 1 atom stereocenters. The third-order valence-corrected chi connectivity index (χ3v) is 4.50. The van der Waals surface area contributed by atoms with Crippen LogP contribution in [0.3, 0.4) is 0 Å². The van der Waals surface area contributed by atoms with E-state index in [2.05, 4.69) is 39.7 Å². The van der Waals surface area contributed by atoms with E-state index in [0.717, 1.165) is 17.1 Å². The summed E-state index contributed by atoms with van der Waals surface area (Å²) in [5, 5.41) is 8.67. The van der Waals surface area contributed by atoms with Crippen LogP contribution >= 0.6 is 22.7 Å².